The second kappa shape index (κ2) is 3.23. The van der Waals surface area contributed by atoms with Gasteiger partial charge in [0.05, 0.1) is 5.92 Å². The summed E-state index contributed by atoms with van der Waals surface area (Å²) < 4.78 is 4.96. The fourth-order valence-electron chi connectivity index (χ4n) is 1.50. The quantitative estimate of drug-likeness (QED) is 0.550. The lowest BCUT2D eigenvalue weighted by molar-refractivity contribution is -0.139. The second-order valence-corrected chi connectivity index (χ2v) is 2.91. The van der Waals surface area contributed by atoms with Crippen LogP contribution >= 0.6 is 0 Å². The molecular weight excluding hydrogens is 158 g/mol. The first-order valence-electron chi connectivity index (χ1n) is 3.97. The molecule has 1 heterocycles. The van der Waals surface area contributed by atoms with Crippen molar-refractivity contribution in [1.29, 1.82) is 0 Å². The maximum absolute atomic E-state index is 11.3. The first-order chi connectivity index (χ1) is 5.63. The van der Waals surface area contributed by atoms with E-state index < -0.39 is 6.10 Å². The molecule has 0 radical (unpaired) electrons. The molecule has 0 aromatic heterocycles. The molecule has 0 aromatic carbocycles. The minimum absolute atomic E-state index is 0.130. The normalized spacial score (nSPS) is 30.1. The largest absolute Gasteiger partial charge is 0.371 e. The first kappa shape index (κ1) is 9.19. The van der Waals surface area contributed by atoms with E-state index in [-0.39, 0.29) is 17.7 Å². The molecule has 0 aromatic rings. The zero-order valence-corrected chi connectivity index (χ0v) is 7.53. The van der Waals surface area contributed by atoms with E-state index in [2.05, 4.69) is 0 Å². The topological polar surface area (TPSA) is 46.6 Å². The summed E-state index contributed by atoms with van der Waals surface area (Å²) in [5, 5.41) is 0. The highest BCUT2D eigenvalue weighted by molar-refractivity contribution is 6.06. The number of nitrogens with zero attached hydrogens (tertiary/aromatic N) is 1. The molecule has 0 N–H and O–H groups in total. The molecule has 0 bridgehead atoms. The van der Waals surface area contributed by atoms with E-state index in [1.807, 2.05) is 6.92 Å². The van der Waals surface area contributed by atoms with Gasteiger partial charge >= 0.3 is 0 Å². The summed E-state index contributed by atoms with van der Waals surface area (Å²) in [5.74, 6) is -0.642. The van der Waals surface area contributed by atoms with Crippen molar-refractivity contribution in [2.75, 3.05) is 14.2 Å². The van der Waals surface area contributed by atoms with E-state index in [0.717, 1.165) is 4.90 Å². The van der Waals surface area contributed by atoms with Crippen LogP contribution < -0.4 is 0 Å². The van der Waals surface area contributed by atoms with Gasteiger partial charge in [0.25, 0.3) is 5.91 Å². The van der Waals surface area contributed by atoms with Gasteiger partial charge in [-0.1, -0.05) is 6.92 Å². The van der Waals surface area contributed by atoms with Gasteiger partial charge in [-0.2, -0.15) is 0 Å². The predicted octanol–water partition coefficient (Wildman–Crippen LogP) is 0.0262. The van der Waals surface area contributed by atoms with Crippen LogP contribution in [0.3, 0.4) is 0 Å². The lowest BCUT2D eigenvalue weighted by atomic mass is 10.0. The van der Waals surface area contributed by atoms with Crippen LogP contribution in [0.15, 0.2) is 0 Å². The molecule has 2 amide bonds. The minimum Gasteiger partial charge on any atom is -0.371 e. The zero-order valence-electron chi connectivity index (χ0n) is 7.53. The number of amides is 2. The van der Waals surface area contributed by atoms with Crippen LogP contribution in [0, 0.1) is 5.92 Å². The third-order valence-electron chi connectivity index (χ3n) is 2.28. The van der Waals surface area contributed by atoms with E-state index in [0.29, 0.717) is 6.42 Å². The molecule has 0 aliphatic carbocycles. The van der Waals surface area contributed by atoms with Gasteiger partial charge in [0.15, 0.2) is 0 Å². The maximum atomic E-state index is 11.3. The highest BCUT2D eigenvalue weighted by Crippen LogP contribution is 2.23. The standard InChI is InChI=1S/C8H13NO3/c1-4-5-6(12-3)8(11)9(2)7(5)10/h5-6H,4H2,1-3H3/t5-,6-/m0/s1. The molecule has 4 nitrogen and oxygen atoms in total. The van der Waals surface area contributed by atoms with Crippen LogP contribution in [0.5, 0.6) is 0 Å². The van der Waals surface area contributed by atoms with Crippen LogP contribution in [0.4, 0.5) is 0 Å². The van der Waals surface area contributed by atoms with Crippen molar-refractivity contribution in [1.82, 2.24) is 4.90 Å². The maximum Gasteiger partial charge on any atom is 0.258 e. The Balaban J connectivity index is 2.87. The van der Waals surface area contributed by atoms with Gasteiger partial charge in [-0.25, -0.2) is 0 Å². The number of likely N-dealkylation sites (N-methyl/N-ethyl adjacent to an activating group) is 1. The average molecular weight is 171 g/mol. The Labute approximate surface area is 71.5 Å². The number of hydrogen-bond acceptors (Lipinski definition) is 3. The van der Waals surface area contributed by atoms with E-state index in [4.69, 9.17) is 4.74 Å². The number of rotatable bonds is 2. The number of ether oxygens (including phenoxy) is 1. The monoisotopic (exact) mass is 171 g/mol. The molecule has 12 heavy (non-hydrogen) atoms. The Morgan fingerprint density at radius 2 is 2.00 bits per heavy atom. The van der Waals surface area contributed by atoms with E-state index in [1.165, 1.54) is 14.2 Å². The number of likely N-dealkylation sites (tertiary alicyclic amines) is 1. The van der Waals surface area contributed by atoms with Crippen molar-refractivity contribution in [3.63, 3.8) is 0 Å². The molecule has 2 atom stereocenters. The smallest absolute Gasteiger partial charge is 0.258 e. The van der Waals surface area contributed by atoms with Crippen molar-refractivity contribution in [3.05, 3.63) is 0 Å². The van der Waals surface area contributed by atoms with Crippen LogP contribution in [-0.4, -0.2) is 37.0 Å². The highest BCUT2D eigenvalue weighted by Gasteiger charge is 2.44. The first-order valence-corrected chi connectivity index (χ1v) is 3.97. The summed E-state index contributed by atoms with van der Waals surface area (Å²) in [6.07, 6.45) is 0.0837. The lowest BCUT2D eigenvalue weighted by Gasteiger charge is -2.09. The van der Waals surface area contributed by atoms with Gasteiger partial charge in [0, 0.05) is 14.2 Å². The Morgan fingerprint density at radius 1 is 1.42 bits per heavy atom. The number of hydrogen-bond donors (Lipinski definition) is 0. The number of carbonyl (C=O) groups excluding carboxylic acids is 2. The van der Waals surface area contributed by atoms with Gasteiger partial charge in [-0.15, -0.1) is 0 Å². The molecule has 4 heteroatoms. The number of methoxy groups -OCH3 is 1. The van der Waals surface area contributed by atoms with Gasteiger partial charge in [0.1, 0.15) is 6.10 Å². The summed E-state index contributed by atoms with van der Waals surface area (Å²) in [7, 11) is 2.95. The second-order valence-electron chi connectivity index (χ2n) is 2.91. The fraction of sp³-hybridized carbons (Fsp3) is 0.750. The third kappa shape index (κ3) is 1.12. The molecule has 1 aliphatic heterocycles. The summed E-state index contributed by atoms with van der Waals surface area (Å²) >= 11 is 0. The average Bonchev–Trinajstić information content (AvgIpc) is 2.29. The minimum atomic E-state index is -0.563. The number of imide groups is 1. The van der Waals surface area contributed by atoms with Gasteiger partial charge in [-0.3, -0.25) is 14.5 Å². The third-order valence-corrected chi connectivity index (χ3v) is 2.28. The Kier molecular flexibility index (Phi) is 2.47. The van der Waals surface area contributed by atoms with Crippen molar-refractivity contribution in [2.24, 2.45) is 5.92 Å². The summed E-state index contributed by atoms with van der Waals surface area (Å²) in [6, 6.07) is 0. The SMILES string of the molecule is CC[C@@H]1C(=O)N(C)C(=O)[C@H]1OC. The van der Waals surface area contributed by atoms with Crippen molar-refractivity contribution in [2.45, 2.75) is 19.4 Å². The molecule has 0 saturated carbocycles. The van der Waals surface area contributed by atoms with E-state index in [1.54, 1.807) is 0 Å². The predicted molar refractivity (Wildman–Crippen MR) is 42.4 cm³/mol. The molecule has 1 saturated heterocycles. The molecule has 1 rings (SSSR count). The Morgan fingerprint density at radius 3 is 2.33 bits per heavy atom. The van der Waals surface area contributed by atoms with Crippen molar-refractivity contribution < 1.29 is 14.3 Å². The molecule has 0 unspecified atom stereocenters. The summed E-state index contributed by atoms with van der Waals surface area (Å²) in [4.78, 5) is 23.8. The number of carbonyl (C=O) groups is 2. The Hall–Kier alpha value is -0.900. The zero-order chi connectivity index (χ0) is 9.30. The van der Waals surface area contributed by atoms with E-state index >= 15 is 0 Å². The van der Waals surface area contributed by atoms with Crippen molar-refractivity contribution >= 4 is 11.8 Å². The highest BCUT2D eigenvalue weighted by atomic mass is 16.5. The van der Waals surface area contributed by atoms with Crippen LogP contribution in [0.25, 0.3) is 0 Å². The molecule has 1 fully saturated rings. The summed E-state index contributed by atoms with van der Waals surface area (Å²) in [6.45, 7) is 1.88. The van der Waals surface area contributed by atoms with Gasteiger partial charge < -0.3 is 4.74 Å². The summed E-state index contributed by atoms with van der Waals surface area (Å²) in [5.41, 5.74) is 0. The fourth-order valence-corrected chi connectivity index (χ4v) is 1.50. The molecule has 0 spiro atoms. The van der Waals surface area contributed by atoms with Crippen LogP contribution in [0.1, 0.15) is 13.3 Å². The van der Waals surface area contributed by atoms with Gasteiger partial charge in [-0.05, 0) is 6.42 Å². The van der Waals surface area contributed by atoms with Crippen molar-refractivity contribution in [3.8, 4) is 0 Å². The Bertz CT molecular complexity index is 192. The van der Waals surface area contributed by atoms with Crippen LogP contribution in [0.2, 0.25) is 0 Å². The molecule has 68 valence electrons. The molecular formula is C8H13NO3. The molecule has 1 aliphatic rings. The van der Waals surface area contributed by atoms with Gasteiger partial charge in [0.2, 0.25) is 5.91 Å². The van der Waals surface area contributed by atoms with Crippen LogP contribution in [-0.2, 0) is 14.3 Å². The lowest BCUT2D eigenvalue weighted by Crippen LogP contribution is -2.28. The van der Waals surface area contributed by atoms with E-state index in [9.17, 15) is 9.59 Å².